The molecule has 0 fully saturated rings. The zero-order valence-electron chi connectivity index (χ0n) is 9.30. The van der Waals surface area contributed by atoms with E-state index >= 15 is 0 Å². The normalized spacial score (nSPS) is 20.2. The SMILES string of the molecule is CC1=C(c2ccccc2)C(C)(C)CC1. The van der Waals surface area contributed by atoms with Crippen molar-refractivity contribution in [3.8, 4) is 0 Å². The topological polar surface area (TPSA) is 0 Å². The summed E-state index contributed by atoms with van der Waals surface area (Å²) in [6.45, 7) is 6.98. The fraction of sp³-hybridized carbons (Fsp3) is 0.429. The first-order valence-electron chi connectivity index (χ1n) is 5.37. The van der Waals surface area contributed by atoms with Gasteiger partial charge in [-0.05, 0) is 36.3 Å². The molecule has 1 aliphatic carbocycles. The molecule has 0 aliphatic heterocycles. The lowest BCUT2D eigenvalue weighted by atomic mass is 9.81. The van der Waals surface area contributed by atoms with E-state index in [1.54, 1.807) is 11.1 Å². The van der Waals surface area contributed by atoms with Gasteiger partial charge in [-0.2, -0.15) is 0 Å². The Hall–Kier alpha value is -1.04. The lowest BCUT2D eigenvalue weighted by Crippen LogP contribution is -2.08. The third-order valence-electron chi connectivity index (χ3n) is 3.29. The molecule has 0 bridgehead atoms. The summed E-state index contributed by atoms with van der Waals surface area (Å²) < 4.78 is 0. The quantitative estimate of drug-likeness (QED) is 0.614. The summed E-state index contributed by atoms with van der Waals surface area (Å²) in [6.07, 6.45) is 2.56. The lowest BCUT2D eigenvalue weighted by Gasteiger charge is -2.23. The molecular weight excluding hydrogens is 168 g/mol. The average molecular weight is 186 g/mol. The van der Waals surface area contributed by atoms with Crippen molar-refractivity contribution in [2.24, 2.45) is 5.41 Å². The molecule has 1 aromatic carbocycles. The summed E-state index contributed by atoms with van der Waals surface area (Å²) in [5.74, 6) is 0. The molecule has 0 heterocycles. The summed E-state index contributed by atoms with van der Waals surface area (Å²) in [5, 5.41) is 0. The van der Waals surface area contributed by atoms with Crippen molar-refractivity contribution in [3.63, 3.8) is 0 Å². The Labute approximate surface area is 86.7 Å². The van der Waals surface area contributed by atoms with Crippen LogP contribution >= 0.6 is 0 Å². The highest BCUT2D eigenvalue weighted by molar-refractivity contribution is 5.74. The van der Waals surface area contributed by atoms with E-state index in [0.717, 1.165) is 0 Å². The fourth-order valence-corrected chi connectivity index (χ4v) is 2.57. The number of rotatable bonds is 1. The zero-order chi connectivity index (χ0) is 10.2. The predicted octanol–water partition coefficient (Wildman–Crippen LogP) is 4.28. The molecule has 14 heavy (non-hydrogen) atoms. The fourth-order valence-electron chi connectivity index (χ4n) is 2.57. The molecule has 0 radical (unpaired) electrons. The first-order valence-corrected chi connectivity index (χ1v) is 5.37. The maximum atomic E-state index is 2.35. The molecule has 0 heteroatoms. The number of allylic oxidation sites excluding steroid dienone is 2. The Morgan fingerprint density at radius 1 is 1.07 bits per heavy atom. The third-order valence-corrected chi connectivity index (χ3v) is 3.29. The predicted molar refractivity (Wildman–Crippen MR) is 62.1 cm³/mol. The molecule has 0 atom stereocenters. The number of hydrogen-bond acceptors (Lipinski definition) is 0. The highest BCUT2D eigenvalue weighted by atomic mass is 14.3. The van der Waals surface area contributed by atoms with Gasteiger partial charge in [0, 0.05) is 0 Å². The van der Waals surface area contributed by atoms with Crippen molar-refractivity contribution in [3.05, 3.63) is 41.5 Å². The van der Waals surface area contributed by atoms with Crippen LogP contribution in [0.4, 0.5) is 0 Å². The standard InChI is InChI=1S/C14H18/c1-11-9-10-14(2,3)13(11)12-7-5-4-6-8-12/h4-8H,9-10H2,1-3H3. The van der Waals surface area contributed by atoms with Crippen molar-refractivity contribution in [2.45, 2.75) is 33.6 Å². The van der Waals surface area contributed by atoms with E-state index in [2.05, 4.69) is 51.1 Å². The summed E-state index contributed by atoms with van der Waals surface area (Å²) in [5.41, 5.74) is 4.91. The van der Waals surface area contributed by atoms with Crippen molar-refractivity contribution >= 4 is 5.57 Å². The number of benzene rings is 1. The minimum atomic E-state index is 0.367. The molecule has 0 amide bonds. The molecule has 0 saturated heterocycles. The highest BCUT2D eigenvalue weighted by Crippen LogP contribution is 2.47. The van der Waals surface area contributed by atoms with Crippen LogP contribution in [-0.2, 0) is 0 Å². The third kappa shape index (κ3) is 1.50. The average Bonchev–Trinajstić information content (AvgIpc) is 2.42. The van der Waals surface area contributed by atoms with Gasteiger partial charge in [0.2, 0.25) is 0 Å². The molecule has 0 nitrogen and oxygen atoms in total. The van der Waals surface area contributed by atoms with Gasteiger partial charge in [0.1, 0.15) is 0 Å². The molecule has 0 saturated carbocycles. The van der Waals surface area contributed by atoms with Gasteiger partial charge in [0.25, 0.3) is 0 Å². The molecule has 2 rings (SSSR count). The van der Waals surface area contributed by atoms with Gasteiger partial charge in [-0.25, -0.2) is 0 Å². The van der Waals surface area contributed by atoms with Crippen LogP contribution in [0, 0.1) is 5.41 Å². The molecule has 1 aliphatic rings. The second-order valence-electron chi connectivity index (χ2n) is 4.91. The molecule has 0 spiro atoms. The van der Waals surface area contributed by atoms with E-state index in [4.69, 9.17) is 0 Å². The lowest BCUT2D eigenvalue weighted by molar-refractivity contribution is 0.486. The molecule has 0 N–H and O–H groups in total. The Morgan fingerprint density at radius 3 is 2.21 bits per heavy atom. The molecular formula is C14H18. The van der Waals surface area contributed by atoms with E-state index < -0.39 is 0 Å². The summed E-state index contributed by atoms with van der Waals surface area (Å²) >= 11 is 0. The maximum Gasteiger partial charge on any atom is -0.00951 e. The van der Waals surface area contributed by atoms with E-state index in [1.807, 2.05) is 0 Å². The molecule has 74 valence electrons. The van der Waals surface area contributed by atoms with Crippen molar-refractivity contribution in [1.29, 1.82) is 0 Å². The van der Waals surface area contributed by atoms with Crippen LogP contribution < -0.4 is 0 Å². The Balaban J connectivity index is 2.48. The van der Waals surface area contributed by atoms with Gasteiger partial charge in [-0.1, -0.05) is 49.8 Å². The second kappa shape index (κ2) is 3.27. The smallest absolute Gasteiger partial charge is 0.00951 e. The van der Waals surface area contributed by atoms with Gasteiger partial charge in [0.15, 0.2) is 0 Å². The van der Waals surface area contributed by atoms with Gasteiger partial charge >= 0.3 is 0 Å². The molecule has 0 unspecified atom stereocenters. The van der Waals surface area contributed by atoms with Crippen molar-refractivity contribution in [1.82, 2.24) is 0 Å². The summed E-state index contributed by atoms with van der Waals surface area (Å²) in [4.78, 5) is 0. The van der Waals surface area contributed by atoms with E-state index in [-0.39, 0.29) is 0 Å². The van der Waals surface area contributed by atoms with Crippen LogP contribution in [0.5, 0.6) is 0 Å². The second-order valence-corrected chi connectivity index (χ2v) is 4.91. The Kier molecular flexibility index (Phi) is 2.22. The Bertz CT molecular complexity index is 355. The van der Waals surface area contributed by atoms with Crippen LogP contribution in [0.25, 0.3) is 5.57 Å². The monoisotopic (exact) mass is 186 g/mol. The van der Waals surface area contributed by atoms with E-state index in [1.165, 1.54) is 18.4 Å². The first kappa shape index (κ1) is 9.51. The van der Waals surface area contributed by atoms with Gasteiger partial charge in [-0.15, -0.1) is 0 Å². The van der Waals surface area contributed by atoms with Crippen LogP contribution in [0.15, 0.2) is 35.9 Å². The van der Waals surface area contributed by atoms with Crippen LogP contribution in [-0.4, -0.2) is 0 Å². The van der Waals surface area contributed by atoms with Gasteiger partial charge in [-0.3, -0.25) is 0 Å². The highest BCUT2D eigenvalue weighted by Gasteiger charge is 2.31. The van der Waals surface area contributed by atoms with E-state index in [0.29, 0.717) is 5.41 Å². The number of hydrogen-bond donors (Lipinski definition) is 0. The van der Waals surface area contributed by atoms with Crippen LogP contribution in [0.1, 0.15) is 39.2 Å². The Morgan fingerprint density at radius 2 is 1.71 bits per heavy atom. The van der Waals surface area contributed by atoms with E-state index in [9.17, 15) is 0 Å². The summed E-state index contributed by atoms with van der Waals surface area (Å²) in [7, 11) is 0. The minimum absolute atomic E-state index is 0.367. The van der Waals surface area contributed by atoms with Gasteiger partial charge < -0.3 is 0 Å². The summed E-state index contributed by atoms with van der Waals surface area (Å²) in [6, 6.07) is 10.8. The van der Waals surface area contributed by atoms with Crippen LogP contribution in [0.2, 0.25) is 0 Å². The first-order chi connectivity index (χ1) is 6.61. The molecule has 1 aromatic rings. The maximum absolute atomic E-state index is 2.35. The van der Waals surface area contributed by atoms with Crippen molar-refractivity contribution in [2.75, 3.05) is 0 Å². The largest absolute Gasteiger partial charge is 0.0689 e. The van der Waals surface area contributed by atoms with Crippen molar-refractivity contribution < 1.29 is 0 Å². The molecule has 0 aromatic heterocycles. The zero-order valence-corrected chi connectivity index (χ0v) is 9.30. The minimum Gasteiger partial charge on any atom is -0.0689 e. The van der Waals surface area contributed by atoms with Crippen LogP contribution in [0.3, 0.4) is 0 Å². The van der Waals surface area contributed by atoms with Gasteiger partial charge in [0.05, 0.1) is 0 Å².